The standard InChI is InChI=1S/C24H20N4O7S.Na.H/c1-34-16-7-3-14(4-8-16)25-27-21-19-12-11-18(36(31,32)33)13-20(19)22(24(30)23(21)29)28-26-15-5-9-17(35-2)10-6-15;;/h3-13,25-26H,1-2H3,(H,31,32,33);;/q;+1;-1. The van der Waals surface area contributed by atoms with Crippen molar-refractivity contribution in [2.45, 2.75) is 4.90 Å². The zero-order valence-corrected chi connectivity index (χ0v) is 22.9. The Morgan fingerprint density at radius 3 is 1.57 bits per heavy atom. The van der Waals surface area contributed by atoms with Crippen LogP contribution in [0, 0.1) is 0 Å². The first kappa shape index (κ1) is 28.0. The molecule has 11 nitrogen and oxygen atoms in total. The van der Waals surface area contributed by atoms with Gasteiger partial charge in [-0.05, 0) is 60.7 Å². The predicted molar refractivity (Wildman–Crippen MR) is 134 cm³/mol. The van der Waals surface area contributed by atoms with Crippen molar-refractivity contribution in [3.63, 3.8) is 0 Å². The Morgan fingerprint density at radius 1 is 0.730 bits per heavy atom. The minimum absolute atomic E-state index is 0. The van der Waals surface area contributed by atoms with Gasteiger partial charge in [-0.25, -0.2) is 0 Å². The number of ether oxygens (including phenoxy) is 2. The smallest absolute Gasteiger partial charge is 1.00 e. The zero-order chi connectivity index (χ0) is 25.9. The Morgan fingerprint density at radius 2 is 1.16 bits per heavy atom. The van der Waals surface area contributed by atoms with Crippen LogP contribution in [0.5, 0.6) is 11.5 Å². The van der Waals surface area contributed by atoms with Crippen LogP contribution in [0.15, 0.2) is 91.4 Å². The maximum atomic E-state index is 13.0. The molecule has 0 amide bonds. The van der Waals surface area contributed by atoms with Crippen LogP contribution in [0.3, 0.4) is 0 Å². The molecule has 0 aliphatic heterocycles. The number of hydrogen-bond donors (Lipinski definition) is 3. The molecule has 0 aliphatic rings. The third kappa shape index (κ3) is 6.24. The Hall–Kier alpha value is -3.55. The summed E-state index contributed by atoms with van der Waals surface area (Å²) >= 11 is 0. The van der Waals surface area contributed by atoms with Gasteiger partial charge in [-0.2, -0.15) is 18.6 Å². The number of rotatable bonds is 7. The van der Waals surface area contributed by atoms with Gasteiger partial charge in [-0.15, -0.1) is 0 Å². The molecule has 0 saturated carbocycles. The third-order valence-corrected chi connectivity index (χ3v) is 6.06. The van der Waals surface area contributed by atoms with Crippen molar-refractivity contribution in [3.05, 3.63) is 97.9 Å². The van der Waals surface area contributed by atoms with Gasteiger partial charge in [-0.1, -0.05) is 6.07 Å². The summed E-state index contributed by atoms with van der Waals surface area (Å²) < 4.78 is 43.2. The maximum absolute atomic E-state index is 13.0. The van der Waals surface area contributed by atoms with E-state index in [-0.39, 0.29) is 52.5 Å². The van der Waals surface area contributed by atoms with Crippen molar-refractivity contribution in [1.29, 1.82) is 0 Å². The number of hydrogen-bond acceptors (Lipinski definition) is 10. The fourth-order valence-electron chi connectivity index (χ4n) is 3.34. The van der Waals surface area contributed by atoms with Crippen LogP contribution >= 0.6 is 0 Å². The summed E-state index contributed by atoms with van der Waals surface area (Å²) in [6.07, 6.45) is 0. The normalized spacial score (nSPS) is 12.2. The molecule has 37 heavy (non-hydrogen) atoms. The molecule has 4 aromatic rings. The van der Waals surface area contributed by atoms with Gasteiger partial charge in [0.05, 0.1) is 30.5 Å². The van der Waals surface area contributed by atoms with Crippen LogP contribution in [0.4, 0.5) is 11.4 Å². The number of fused-ring (bicyclic) bond motifs is 1. The second-order valence-electron chi connectivity index (χ2n) is 7.44. The van der Waals surface area contributed by atoms with Gasteiger partial charge in [0.25, 0.3) is 21.0 Å². The molecule has 0 aliphatic carbocycles. The van der Waals surface area contributed by atoms with Gasteiger partial charge < -0.3 is 10.9 Å². The largest absolute Gasteiger partial charge is 1.00 e. The first-order valence-corrected chi connectivity index (χ1v) is 11.8. The Kier molecular flexibility index (Phi) is 8.84. The fourth-order valence-corrected chi connectivity index (χ4v) is 3.85. The van der Waals surface area contributed by atoms with Gasteiger partial charge >= 0.3 is 29.6 Å². The maximum Gasteiger partial charge on any atom is 1.00 e. The number of nitrogens with zero attached hydrogens (tertiary/aromatic N) is 2. The van der Waals surface area contributed by atoms with E-state index in [1.165, 1.54) is 20.3 Å². The molecule has 0 unspecified atom stereocenters. The van der Waals surface area contributed by atoms with E-state index in [4.69, 9.17) is 9.47 Å². The summed E-state index contributed by atoms with van der Waals surface area (Å²) in [7, 11) is -1.56. The monoisotopic (exact) mass is 532 g/mol. The van der Waals surface area contributed by atoms with Crippen molar-refractivity contribution < 1.29 is 53.4 Å². The minimum Gasteiger partial charge on any atom is -1.00 e. The van der Waals surface area contributed by atoms with Crippen LogP contribution in [0.25, 0.3) is 10.8 Å². The fraction of sp³-hybridized carbons (Fsp3) is 0.0833. The second kappa shape index (κ2) is 11.7. The van der Waals surface area contributed by atoms with E-state index in [9.17, 15) is 22.6 Å². The van der Waals surface area contributed by atoms with Crippen LogP contribution in [-0.2, 0) is 10.1 Å². The average Bonchev–Trinajstić information content (AvgIpc) is 2.88. The summed E-state index contributed by atoms with van der Waals surface area (Å²) in [6.45, 7) is 0. The van der Waals surface area contributed by atoms with E-state index < -0.39 is 25.9 Å². The van der Waals surface area contributed by atoms with Crippen LogP contribution < -0.4 is 71.5 Å². The molecule has 4 rings (SSSR count). The number of anilines is 2. The number of benzene rings is 4. The summed E-state index contributed by atoms with van der Waals surface area (Å²) in [5.74, 6) is 1.22. The van der Waals surface area contributed by atoms with Gasteiger partial charge in [-0.3, -0.25) is 25.0 Å². The summed E-state index contributed by atoms with van der Waals surface area (Å²) in [5, 5.41) is 7.75. The molecule has 0 bridgehead atoms. The first-order chi connectivity index (χ1) is 17.2. The minimum atomic E-state index is -4.60. The average molecular weight is 533 g/mol. The molecule has 186 valence electrons. The van der Waals surface area contributed by atoms with Crippen molar-refractivity contribution in [2.75, 3.05) is 25.1 Å². The summed E-state index contributed by atoms with van der Waals surface area (Å²) in [4.78, 5) is 25.5. The van der Waals surface area contributed by atoms with Crippen molar-refractivity contribution in [2.24, 2.45) is 10.2 Å². The Bertz CT molecular complexity index is 1770. The van der Waals surface area contributed by atoms with Crippen LogP contribution in [-0.4, -0.2) is 27.2 Å². The molecule has 0 aromatic heterocycles. The quantitative estimate of drug-likeness (QED) is 0.114. The van der Waals surface area contributed by atoms with E-state index in [1.54, 1.807) is 48.5 Å². The molecule has 0 atom stereocenters. The molecule has 0 saturated heterocycles. The molecule has 3 N–H and O–H groups in total. The topological polar surface area (TPSA) is 156 Å². The van der Waals surface area contributed by atoms with E-state index in [0.29, 0.717) is 22.9 Å². The molecule has 4 aromatic carbocycles. The van der Waals surface area contributed by atoms with Crippen molar-refractivity contribution in [1.82, 2.24) is 0 Å². The SMILES string of the molecule is COc1ccc(NN=c2c(=O)c(=O)c(=NNc3ccc(OC)cc3)c3cc(S(=O)(=O)O)ccc23)cc1.[H-].[Na+]. The molecule has 0 spiro atoms. The van der Waals surface area contributed by atoms with Crippen molar-refractivity contribution >= 4 is 32.3 Å². The molecule has 0 heterocycles. The second-order valence-corrected chi connectivity index (χ2v) is 8.86. The van der Waals surface area contributed by atoms with Gasteiger partial charge in [0.2, 0.25) is 0 Å². The van der Waals surface area contributed by atoms with Gasteiger partial charge in [0.1, 0.15) is 22.2 Å². The van der Waals surface area contributed by atoms with Crippen molar-refractivity contribution in [3.8, 4) is 11.5 Å². The number of nitrogens with one attached hydrogen (secondary N) is 2. The van der Waals surface area contributed by atoms with E-state index in [0.717, 1.165) is 12.1 Å². The Labute approximate surface area is 234 Å². The molecule has 13 heteroatoms. The Balaban J connectivity index is 0.00000253. The van der Waals surface area contributed by atoms with Crippen LogP contribution in [0.2, 0.25) is 0 Å². The zero-order valence-electron chi connectivity index (χ0n) is 21.1. The van der Waals surface area contributed by atoms with E-state index in [2.05, 4.69) is 21.1 Å². The molecule has 0 fully saturated rings. The summed E-state index contributed by atoms with van der Waals surface area (Å²) in [5.41, 5.74) is 4.43. The molecule has 0 radical (unpaired) electrons. The molecular formula is C24H21N4NaO7S. The van der Waals surface area contributed by atoms with Gasteiger partial charge in [0, 0.05) is 10.8 Å². The van der Waals surface area contributed by atoms with Gasteiger partial charge in [0.15, 0.2) is 0 Å². The van der Waals surface area contributed by atoms with E-state index in [1.807, 2.05) is 0 Å². The van der Waals surface area contributed by atoms with E-state index >= 15 is 0 Å². The first-order valence-electron chi connectivity index (χ1n) is 10.4. The number of methoxy groups -OCH3 is 2. The third-order valence-electron chi connectivity index (χ3n) is 5.21. The predicted octanol–water partition coefficient (Wildman–Crippen LogP) is -1.33. The molecular weight excluding hydrogens is 511 g/mol. The van der Waals surface area contributed by atoms with Crippen LogP contribution in [0.1, 0.15) is 1.43 Å². The summed E-state index contributed by atoms with van der Waals surface area (Å²) in [6, 6.07) is 16.7.